The summed E-state index contributed by atoms with van der Waals surface area (Å²) in [6.07, 6.45) is 4.21. The van der Waals surface area contributed by atoms with Crippen LogP contribution in [-0.4, -0.2) is 52.6 Å². The summed E-state index contributed by atoms with van der Waals surface area (Å²) in [7, 11) is -5.64. The van der Waals surface area contributed by atoms with Gasteiger partial charge < -0.3 is 9.47 Å². The van der Waals surface area contributed by atoms with Crippen LogP contribution in [0.25, 0.3) is 11.1 Å². The van der Waals surface area contributed by atoms with Crippen molar-refractivity contribution in [2.45, 2.75) is 67.9 Å². The number of ether oxygens (including phenoxy) is 2. The van der Waals surface area contributed by atoms with E-state index in [2.05, 4.69) is 0 Å². The number of nitrogens with zero attached hydrogens (tertiary/aromatic N) is 1. The van der Waals surface area contributed by atoms with Gasteiger partial charge in [0.05, 0.1) is 15.8 Å². The fourth-order valence-electron chi connectivity index (χ4n) is 5.04. The SMILES string of the molecule is CN(C1CCCCc2c(OCC(=O)OC(C)(C)C)cccc21)S(=O)(=O)c1ccc(-c2cccc(S(C)(=O)=O)c2)cc1. The normalized spacial score (nSPS) is 16.1. The van der Waals surface area contributed by atoms with Crippen LogP contribution >= 0.6 is 0 Å². The van der Waals surface area contributed by atoms with E-state index in [-0.39, 0.29) is 16.4 Å². The fraction of sp³-hybridized carbons (Fsp3) is 0.387. The van der Waals surface area contributed by atoms with Gasteiger partial charge >= 0.3 is 5.97 Å². The lowest BCUT2D eigenvalue weighted by atomic mass is 9.98. The molecule has 41 heavy (non-hydrogen) atoms. The molecular formula is C31H37NO7S2. The third kappa shape index (κ3) is 7.36. The quantitative estimate of drug-likeness (QED) is 0.246. The zero-order valence-electron chi connectivity index (χ0n) is 24.1. The lowest BCUT2D eigenvalue weighted by molar-refractivity contribution is -0.157. The van der Waals surface area contributed by atoms with Crippen LogP contribution in [0.5, 0.6) is 5.75 Å². The van der Waals surface area contributed by atoms with Gasteiger partial charge in [0.2, 0.25) is 10.0 Å². The lowest BCUT2D eigenvalue weighted by Gasteiger charge is -2.29. The van der Waals surface area contributed by atoms with Gasteiger partial charge in [-0.1, -0.05) is 42.8 Å². The zero-order chi connectivity index (χ0) is 30.0. The molecule has 0 saturated heterocycles. The molecule has 0 fully saturated rings. The Kier molecular flexibility index (Phi) is 8.96. The Hall–Kier alpha value is -3.21. The van der Waals surface area contributed by atoms with Crippen LogP contribution in [0.2, 0.25) is 0 Å². The van der Waals surface area contributed by atoms with Gasteiger partial charge in [0.15, 0.2) is 16.4 Å². The smallest absolute Gasteiger partial charge is 0.344 e. The molecule has 0 bridgehead atoms. The second-order valence-electron chi connectivity index (χ2n) is 11.3. The minimum Gasteiger partial charge on any atom is -0.482 e. The van der Waals surface area contributed by atoms with Gasteiger partial charge in [0, 0.05) is 13.3 Å². The second-order valence-corrected chi connectivity index (χ2v) is 15.3. The number of rotatable bonds is 8. The Bertz CT molecular complexity index is 1620. The van der Waals surface area contributed by atoms with Gasteiger partial charge in [-0.05, 0) is 92.6 Å². The van der Waals surface area contributed by atoms with Crippen molar-refractivity contribution in [1.82, 2.24) is 4.31 Å². The Morgan fingerprint density at radius 3 is 2.24 bits per heavy atom. The van der Waals surface area contributed by atoms with Crippen molar-refractivity contribution in [3.63, 3.8) is 0 Å². The minimum atomic E-state index is -3.86. The third-order valence-electron chi connectivity index (χ3n) is 7.01. The summed E-state index contributed by atoms with van der Waals surface area (Å²) in [5, 5.41) is 0. The average Bonchev–Trinajstić information content (AvgIpc) is 3.13. The van der Waals surface area contributed by atoms with Crippen molar-refractivity contribution >= 4 is 25.8 Å². The number of benzene rings is 3. The summed E-state index contributed by atoms with van der Waals surface area (Å²) in [5.74, 6) is 0.0956. The molecule has 1 aliphatic carbocycles. The van der Waals surface area contributed by atoms with Gasteiger partial charge in [-0.2, -0.15) is 4.31 Å². The first-order valence-corrected chi connectivity index (χ1v) is 16.8. The molecule has 0 saturated carbocycles. The first kappa shape index (κ1) is 30.7. The molecule has 0 amide bonds. The highest BCUT2D eigenvalue weighted by Crippen LogP contribution is 2.39. The summed E-state index contributed by atoms with van der Waals surface area (Å²) in [5.41, 5.74) is 2.55. The largest absolute Gasteiger partial charge is 0.482 e. The summed E-state index contributed by atoms with van der Waals surface area (Å²) in [6.45, 7) is 5.16. The summed E-state index contributed by atoms with van der Waals surface area (Å²) < 4.78 is 64.1. The van der Waals surface area contributed by atoms with Crippen molar-refractivity contribution in [2.75, 3.05) is 19.9 Å². The molecule has 1 atom stereocenters. The maximum atomic E-state index is 13.8. The van der Waals surface area contributed by atoms with E-state index in [0.717, 1.165) is 30.2 Å². The molecule has 4 rings (SSSR count). The van der Waals surface area contributed by atoms with E-state index in [0.29, 0.717) is 29.7 Å². The van der Waals surface area contributed by atoms with Crippen molar-refractivity contribution in [3.8, 4) is 16.9 Å². The number of hydrogen-bond acceptors (Lipinski definition) is 7. The van der Waals surface area contributed by atoms with Crippen LogP contribution < -0.4 is 4.74 Å². The Morgan fingerprint density at radius 1 is 0.902 bits per heavy atom. The van der Waals surface area contributed by atoms with E-state index in [4.69, 9.17) is 9.47 Å². The monoisotopic (exact) mass is 599 g/mol. The first-order valence-electron chi connectivity index (χ1n) is 13.5. The number of sulfone groups is 1. The van der Waals surface area contributed by atoms with Crippen LogP contribution in [0, 0.1) is 0 Å². The van der Waals surface area contributed by atoms with Crippen molar-refractivity contribution in [1.29, 1.82) is 0 Å². The molecule has 0 aromatic heterocycles. The molecule has 0 aliphatic heterocycles. The summed E-state index contributed by atoms with van der Waals surface area (Å²) in [4.78, 5) is 12.6. The van der Waals surface area contributed by atoms with Crippen LogP contribution in [0.4, 0.5) is 0 Å². The Balaban J connectivity index is 1.58. The van der Waals surface area contributed by atoms with Crippen LogP contribution in [0.3, 0.4) is 0 Å². The Labute approximate surface area is 243 Å². The molecule has 0 spiro atoms. The minimum absolute atomic E-state index is 0.145. The van der Waals surface area contributed by atoms with E-state index in [1.165, 1.54) is 10.4 Å². The molecule has 0 N–H and O–H groups in total. The topological polar surface area (TPSA) is 107 Å². The maximum Gasteiger partial charge on any atom is 0.344 e. The van der Waals surface area contributed by atoms with E-state index in [1.54, 1.807) is 76.3 Å². The number of fused-ring (bicyclic) bond motifs is 1. The van der Waals surface area contributed by atoms with Gasteiger partial charge in [-0.15, -0.1) is 0 Å². The number of esters is 1. The predicted octanol–water partition coefficient (Wildman–Crippen LogP) is 5.57. The lowest BCUT2D eigenvalue weighted by Crippen LogP contribution is -2.31. The first-order chi connectivity index (χ1) is 19.2. The molecule has 1 aliphatic rings. The van der Waals surface area contributed by atoms with Crippen LogP contribution in [0.15, 0.2) is 76.5 Å². The summed E-state index contributed by atoms with van der Waals surface area (Å²) in [6, 6.07) is 18.2. The number of sulfonamides is 1. The highest BCUT2D eigenvalue weighted by molar-refractivity contribution is 7.90. The molecule has 8 nitrogen and oxygen atoms in total. The number of hydrogen-bond donors (Lipinski definition) is 0. The third-order valence-corrected chi connectivity index (χ3v) is 10.0. The molecule has 3 aromatic carbocycles. The second kappa shape index (κ2) is 12.0. The Morgan fingerprint density at radius 2 is 1.59 bits per heavy atom. The van der Waals surface area contributed by atoms with Gasteiger partial charge in [-0.25, -0.2) is 21.6 Å². The molecule has 1 unspecified atom stereocenters. The molecule has 3 aromatic rings. The molecule has 220 valence electrons. The van der Waals surface area contributed by atoms with E-state index >= 15 is 0 Å². The fourth-order valence-corrected chi connectivity index (χ4v) is 7.07. The highest BCUT2D eigenvalue weighted by Gasteiger charge is 2.32. The van der Waals surface area contributed by atoms with E-state index in [9.17, 15) is 21.6 Å². The van der Waals surface area contributed by atoms with Crippen LogP contribution in [0.1, 0.15) is 57.2 Å². The number of carbonyl (C=O) groups is 1. The molecule has 0 radical (unpaired) electrons. The molecule has 10 heteroatoms. The predicted molar refractivity (Wildman–Crippen MR) is 158 cm³/mol. The van der Waals surface area contributed by atoms with Gasteiger partial charge in [-0.3, -0.25) is 0 Å². The highest BCUT2D eigenvalue weighted by atomic mass is 32.2. The van der Waals surface area contributed by atoms with Crippen molar-refractivity contribution in [3.05, 3.63) is 77.9 Å². The molecule has 0 heterocycles. The van der Waals surface area contributed by atoms with Crippen molar-refractivity contribution < 1.29 is 31.1 Å². The number of carbonyl (C=O) groups excluding carboxylic acids is 1. The molecular weight excluding hydrogens is 562 g/mol. The average molecular weight is 600 g/mol. The van der Waals surface area contributed by atoms with Crippen molar-refractivity contribution in [2.24, 2.45) is 0 Å². The maximum absolute atomic E-state index is 13.8. The van der Waals surface area contributed by atoms with Crippen LogP contribution in [-0.2, 0) is 35.8 Å². The van der Waals surface area contributed by atoms with E-state index < -0.39 is 37.5 Å². The van der Waals surface area contributed by atoms with Gasteiger partial charge in [0.25, 0.3) is 0 Å². The van der Waals surface area contributed by atoms with Gasteiger partial charge in [0.1, 0.15) is 11.4 Å². The zero-order valence-corrected chi connectivity index (χ0v) is 25.7. The van der Waals surface area contributed by atoms with E-state index in [1.807, 2.05) is 12.1 Å². The summed E-state index contributed by atoms with van der Waals surface area (Å²) >= 11 is 0. The standard InChI is InChI=1S/C31H37NO7S2/c1-31(2,3)39-30(33)21-38-29-15-9-13-26-27(29)12-6-7-14-28(26)32(4)41(36,37)24-18-16-22(17-19-24)23-10-8-11-25(20-23)40(5,34)35/h8-11,13,15-20,28H,6-7,12,14,21H2,1-5H3.